The van der Waals surface area contributed by atoms with E-state index in [1.54, 1.807) is 48.5 Å². The predicted octanol–water partition coefficient (Wildman–Crippen LogP) is 3.28. The Morgan fingerprint density at radius 3 is 1.97 bits per heavy atom. The average molecular weight is 896 g/mol. The number of hydrogen-bond donors (Lipinski definition) is 5. The second-order valence-corrected chi connectivity index (χ2v) is 17.4. The van der Waals surface area contributed by atoms with Crippen molar-refractivity contribution in [1.82, 2.24) is 34.4 Å². The lowest BCUT2D eigenvalue weighted by Gasteiger charge is -2.41. The zero-order valence-corrected chi connectivity index (χ0v) is 36.9. The molecule has 4 amide bonds. The molecule has 0 radical (unpaired) electrons. The third kappa shape index (κ3) is 10.0. The molecule has 0 bridgehead atoms. The molecule has 2 atom stereocenters. The summed E-state index contributed by atoms with van der Waals surface area (Å²) in [5.41, 5.74) is 13.7. The molecule has 17 nitrogen and oxygen atoms in total. The summed E-state index contributed by atoms with van der Waals surface area (Å²) >= 11 is 0. The number of anilines is 1. The Balaban J connectivity index is 0.914. The van der Waals surface area contributed by atoms with Gasteiger partial charge in [-0.25, -0.2) is 14.2 Å². The topological polar surface area (TPSA) is 224 Å². The van der Waals surface area contributed by atoms with Crippen molar-refractivity contribution in [3.63, 3.8) is 0 Å². The van der Waals surface area contributed by atoms with Crippen LogP contribution in [0.4, 0.5) is 5.69 Å². The molecule has 1 saturated carbocycles. The van der Waals surface area contributed by atoms with Gasteiger partial charge < -0.3 is 32.3 Å². The number of aromatic nitrogens is 3. The van der Waals surface area contributed by atoms with Crippen LogP contribution >= 0.6 is 0 Å². The number of benzene rings is 4. The van der Waals surface area contributed by atoms with Gasteiger partial charge in [0.1, 0.15) is 6.04 Å². The van der Waals surface area contributed by atoms with E-state index >= 15 is 0 Å². The van der Waals surface area contributed by atoms with E-state index in [0.717, 1.165) is 34.2 Å². The van der Waals surface area contributed by atoms with Gasteiger partial charge in [0.2, 0.25) is 17.7 Å². The van der Waals surface area contributed by atoms with Crippen molar-refractivity contribution in [2.24, 2.45) is 21.9 Å². The first-order valence-electron chi connectivity index (χ1n) is 22.7. The van der Waals surface area contributed by atoms with Gasteiger partial charge in [-0.2, -0.15) is 9.36 Å². The lowest BCUT2D eigenvalue weighted by atomic mass is 9.78. The Bertz CT molecular complexity index is 2620. The number of rotatable bonds is 16. The number of amides is 4. The smallest absolute Gasteiger partial charge is 0.352 e. The van der Waals surface area contributed by atoms with Crippen LogP contribution in [0, 0.1) is 5.41 Å². The lowest BCUT2D eigenvalue weighted by molar-refractivity contribution is -0.137. The van der Waals surface area contributed by atoms with Crippen LogP contribution in [-0.2, 0) is 20.9 Å². The van der Waals surface area contributed by atoms with Crippen LogP contribution in [0.5, 0.6) is 0 Å². The maximum absolute atomic E-state index is 14.1. The molecular formula is C49H57N11O6. The van der Waals surface area contributed by atoms with Crippen molar-refractivity contribution >= 4 is 35.3 Å². The average Bonchev–Trinajstić information content (AvgIpc) is 3.84. The van der Waals surface area contributed by atoms with Crippen LogP contribution in [0.2, 0.25) is 0 Å². The minimum absolute atomic E-state index is 0.00273. The molecule has 4 aromatic carbocycles. The summed E-state index contributed by atoms with van der Waals surface area (Å²) in [7, 11) is 0. The van der Waals surface area contributed by atoms with E-state index in [2.05, 4.69) is 25.8 Å². The number of nitrogens with one attached hydrogen (secondary N) is 3. The molecule has 1 aliphatic carbocycles. The number of hydrogen-bond acceptors (Lipinski definition) is 8. The summed E-state index contributed by atoms with van der Waals surface area (Å²) in [4.78, 5) is 91.0. The number of guanidine groups is 1. The number of carbonyl (C=O) groups excluding carboxylic acids is 4. The summed E-state index contributed by atoms with van der Waals surface area (Å²) in [6.07, 6.45) is 4.10. The van der Waals surface area contributed by atoms with Gasteiger partial charge in [-0.15, -0.1) is 0 Å². The van der Waals surface area contributed by atoms with Gasteiger partial charge in [0, 0.05) is 69.9 Å². The van der Waals surface area contributed by atoms with Crippen molar-refractivity contribution in [3.8, 4) is 11.4 Å². The largest absolute Gasteiger partial charge is 0.370 e. The fraction of sp³-hybridized carbons (Fsp3) is 0.367. The maximum atomic E-state index is 14.1. The predicted molar refractivity (Wildman–Crippen MR) is 251 cm³/mol. The molecular weight excluding hydrogens is 839 g/mol. The van der Waals surface area contributed by atoms with Crippen molar-refractivity contribution < 1.29 is 19.2 Å². The third-order valence-corrected chi connectivity index (χ3v) is 13.0. The number of fused-ring (bicyclic) bond motifs is 2. The minimum atomic E-state index is -0.967. The van der Waals surface area contributed by atoms with E-state index in [9.17, 15) is 28.8 Å². The van der Waals surface area contributed by atoms with E-state index in [0.29, 0.717) is 62.4 Å². The standard InChI is InChI=1S/C49H57N11O6/c50-46(51)53-25-13-22-40(45(64)52-26-27-58-47(65)59(34-14-3-1-4-15-34)60(48(58)66)35-16-5-2-6-17-35)54-41(61)32-49(23-11-12-24-49)33-42(62)56-28-30-57(31-29-56)43-36-18-7-8-19-37(36)44(63)55-39-21-10-9-20-38(39)43/h1-10,14-21,40,43H,11-13,22-33H2,(H,52,64)(H,54,61)(H,55,63)(H4,50,51,53)/t40-,43-/m0/s1. The van der Waals surface area contributed by atoms with Gasteiger partial charge in [0.15, 0.2) is 5.96 Å². The highest BCUT2D eigenvalue weighted by molar-refractivity contribution is 6.07. The molecule has 2 aliphatic heterocycles. The first-order valence-corrected chi connectivity index (χ1v) is 22.7. The molecule has 1 saturated heterocycles. The van der Waals surface area contributed by atoms with E-state index in [1.165, 1.54) is 9.36 Å². The zero-order chi connectivity index (χ0) is 46.2. The summed E-state index contributed by atoms with van der Waals surface area (Å²) in [6.45, 7) is 2.27. The minimum Gasteiger partial charge on any atom is -0.370 e. The van der Waals surface area contributed by atoms with E-state index < -0.39 is 28.7 Å². The number of piperazine rings is 1. The Morgan fingerprint density at radius 1 is 0.742 bits per heavy atom. The fourth-order valence-corrected chi connectivity index (χ4v) is 9.78. The van der Waals surface area contributed by atoms with Gasteiger partial charge >= 0.3 is 11.4 Å². The number of nitrogens with two attached hydrogens (primary N) is 2. The van der Waals surface area contributed by atoms with Gasteiger partial charge in [-0.3, -0.25) is 29.1 Å². The highest BCUT2D eigenvalue weighted by Crippen LogP contribution is 2.45. The van der Waals surface area contributed by atoms with Crippen molar-refractivity contribution in [3.05, 3.63) is 147 Å². The highest BCUT2D eigenvalue weighted by Gasteiger charge is 2.41. The molecule has 7 N–H and O–H groups in total. The van der Waals surface area contributed by atoms with Gasteiger partial charge in [-0.1, -0.05) is 85.6 Å². The molecule has 2 fully saturated rings. The summed E-state index contributed by atoms with van der Waals surface area (Å²) in [5.74, 6) is -1.06. The molecule has 344 valence electrons. The van der Waals surface area contributed by atoms with Gasteiger partial charge in [-0.05, 0) is 78.6 Å². The quantitative estimate of drug-likeness (QED) is 0.0556. The third-order valence-electron chi connectivity index (χ3n) is 13.0. The van der Waals surface area contributed by atoms with E-state index in [4.69, 9.17) is 11.5 Å². The molecule has 3 aliphatic rings. The number of carbonyl (C=O) groups is 4. The van der Waals surface area contributed by atoms with Crippen molar-refractivity contribution in [1.29, 1.82) is 0 Å². The number of nitrogens with zero attached hydrogens (tertiary/aromatic N) is 6. The molecule has 0 unspecified atom stereocenters. The van der Waals surface area contributed by atoms with Crippen LogP contribution < -0.4 is 38.8 Å². The Hall–Kier alpha value is -7.27. The highest BCUT2D eigenvalue weighted by atomic mass is 16.2. The van der Waals surface area contributed by atoms with Gasteiger partial charge in [0.05, 0.1) is 17.4 Å². The Labute approximate surface area is 382 Å². The summed E-state index contributed by atoms with van der Waals surface area (Å²) in [5, 5.41) is 8.85. The molecule has 17 heteroatoms. The van der Waals surface area contributed by atoms with E-state index in [1.807, 2.05) is 65.6 Å². The normalized spacial score (nSPS) is 17.1. The van der Waals surface area contributed by atoms with Crippen LogP contribution in [-0.4, -0.2) is 98.6 Å². The number of aliphatic imine (C=N–C) groups is 1. The van der Waals surface area contributed by atoms with Gasteiger partial charge in [0.25, 0.3) is 5.91 Å². The molecule has 1 aromatic heterocycles. The van der Waals surface area contributed by atoms with Crippen LogP contribution in [0.15, 0.2) is 124 Å². The first kappa shape index (κ1) is 45.3. The molecule has 66 heavy (non-hydrogen) atoms. The van der Waals surface area contributed by atoms with Crippen LogP contribution in [0.3, 0.4) is 0 Å². The number of para-hydroxylation sites is 3. The summed E-state index contributed by atoms with van der Waals surface area (Å²) < 4.78 is 3.67. The maximum Gasteiger partial charge on any atom is 0.352 e. The fourth-order valence-electron chi connectivity index (χ4n) is 9.78. The SMILES string of the molecule is NC(N)=NCCC[C@H](NC(=O)CC1(CC(=O)N2CCN([C@@H]3c4ccccc4NC(=O)c4ccccc43)CC2)CCCC1)C(=O)NCCn1c(=O)n(-c2ccccc2)n(-c2ccccc2)c1=O. The van der Waals surface area contributed by atoms with E-state index in [-0.39, 0.29) is 68.6 Å². The Kier molecular flexibility index (Phi) is 13.9. The second kappa shape index (κ2) is 20.3. The second-order valence-electron chi connectivity index (χ2n) is 17.4. The first-order chi connectivity index (χ1) is 32.0. The van der Waals surface area contributed by atoms with Crippen LogP contribution in [0.25, 0.3) is 11.4 Å². The molecule has 3 heterocycles. The lowest BCUT2D eigenvalue weighted by Crippen LogP contribution is -2.51. The Morgan fingerprint density at radius 2 is 1.33 bits per heavy atom. The van der Waals surface area contributed by atoms with Crippen LogP contribution in [0.1, 0.15) is 78.9 Å². The summed E-state index contributed by atoms with van der Waals surface area (Å²) in [6, 6.07) is 32.1. The van der Waals surface area contributed by atoms with Crippen molar-refractivity contribution in [2.75, 3.05) is 44.6 Å². The molecule has 0 spiro atoms. The molecule has 5 aromatic rings. The monoisotopic (exact) mass is 895 g/mol. The zero-order valence-electron chi connectivity index (χ0n) is 36.9. The molecule has 8 rings (SSSR count). The van der Waals surface area contributed by atoms with Crippen molar-refractivity contribution in [2.45, 2.75) is 70.0 Å².